The molecule has 1 saturated heterocycles. The molecule has 0 radical (unpaired) electrons. The summed E-state index contributed by atoms with van der Waals surface area (Å²) in [5, 5.41) is 9.24. The molecule has 162 valence electrons. The Morgan fingerprint density at radius 2 is 2.16 bits per heavy atom. The van der Waals surface area contributed by atoms with Gasteiger partial charge in [-0.2, -0.15) is 0 Å². The van der Waals surface area contributed by atoms with Gasteiger partial charge >= 0.3 is 0 Å². The first kappa shape index (κ1) is 20.1. The van der Waals surface area contributed by atoms with Crippen LogP contribution in [0.25, 0.3) is 22.6 Å². The summed E-state index contributed by atoms with van der Waals surface area (Å²) in [5.41, 5.74) is 3.85. The lowest BCUT2D eigenvalue weighted by Gasteiger charge is -2.25. The average Bonchev–Trinajstić information content (AvgIpc) is 3.47. The topological polar surface area (TPSA) is 104 Å². The second kappa shape index (κ2) is 8.39. The Morgan fingerprint density at radius 3 is 2.88 bits per heavy atom. The molecule has 1 aliphatic rings. The SMILES string of the molecule is CC(=O)N1CCCC1c1cc2[nH]c(-c3ccccn3)nc2cc1Oc1ccc(CO)nc1. The molecule has 4 heterocycles. The highest BCUT2D eigenvalue weighted by molar-refractivity contribution is 5.82. The van der Waals surface area contributed by atoms with E-state index < -0.39 is 0 Å². The van der Waals surface area contributed by atoms with Gasteiger partial charge in [-0.3, -0.25) is 14.8 Å². The number of nitrogens with one attached hydrogen (secondary N) is 1. The number of aliphatic hydroxyl groups is 1. The number of hydrogen-bond acceptors (Lipinski definition) is 6. The monoisotopic (exact) mass is 429 g/mol. The quantitative estimate of drug-likeness (QED) is 0.497. The number of hydrogen-bond donors (Lipinski definition) is 2. The highest BCUT2D eigenvalue weighted by Gasteiger charge is 2.31. The smallest absolute Gasteiger partial charge is 0.219 e. The van der Waals surface area contributed by atoms with Crippen LogP contribution >= 0.6 is 0 Å². The summed E-state index contributed by atoms with van der Waals surface area (Å²) in [6.45, 7) is 2.20. The summed E-state index contributed by atoms with van der Waals surface area (Å²) in [4.78, 5) is 30.8. The fourth-order valence-electron chi connectivity index (χ4n) is 4.19. The van der Waals surface area contributed by atoms with E-state index >= 15 is 0 Å². The van der Waals surface area contributed by atoms with Crippen molar-refractivity contribution in [1.29, 1.82) is 0 Å². The molecule has 4 aromatic rings. The zero-order valence-corrected chi connectivity index (χ0v) is 17.7. The number of aromatic amines is 1. The molecule has 1 fully saturated rings. The number of amides is 1. The Morgan fingerprint density at radius 1 is 1.25 bits per heavy atom. The van der Waals surface area contributed by atoms with Crippen molar-refractivity contribution in [2.75, 3.05) is 6.54 Å². The molecular formula is C24H23N5O3. The summed E-state index contributed by atoms with van der Waals surface area (Å²) < 4.78 is 6.22. The number of benzene rings is 1. The summed E-state index contributed by atoms with van der Waals surface area (Å²) >= 11 is 0. The van der Waals surface area contributed by atoms with Gasteiger partial charge in [-0.15, -0.1) is 0 Å². The van der Waals surface area contributed by atoms with Gasteiger partial charge in [0.2, 0.25) is 5.91 Å². The minimum atomic E-state index is -0.128. The molecule has 5 rings (SSSR count). The Hall–Kier alpha value is -3.78. The van der Waals surface area contributed by atoms with Crippen LogP contribution in [0.2, 0.25) is 0 Å². The standard InChI is InChI=1S/C24H23N5O3/c1-15(31)29-10-4-6-22(29)18-11-20-21(28-24(27-20)19-5-2-3-9-25-19)12-23(18)32-17-8-7-16(14-30)26-13-17/h2-3,5,7-9,11-13,22,30H,4,6,10,14H2,1H3,(H,27,28). The maximum Gasteiger partial charge on any atom is 0.219 e. The van der Waals surface area contributed by atoms with Crippen molar-refractivity contribution in [2.24, 2.45) is 0 Å². The van der Waals surface area contributed by atoms with Gasteiger partial charge in [0, 0.05) is 31.3 Å². The second-order valence-corrected chi connectivity index (χ2v) is 7.82. The van der Waals surface area contributed by atoms with Gasteiger partial charge in [0.15, 0.2) is 5.82 Å². The van der Waals surface area contributed by atoms with E-state index in [9.17, 15) is 9.90 Å². The number of nitrogens with zero attached hydrogens (tertiary/aromatic N) is 4. The van der Waals surface area contributed by atoms with Crippen molar-refractivity contribution in [3.05, 3.63) is 66.1 Å². The predicted molar refractivity (Wildman–Crippen MR) is 119 cm³/mol. The van der Waals surface area contributed by atoms with Crippen LogP contribution < -0.4 is 4.74 Å². The van der Waals surface area contributed by atoms with Crippen molar-refractivity contribution in [3.8, 4) is 23.0 Å². The molecule has 1 atom stereocenters. The van der Waals surface area contributed by atoms with E-state index in [4.69, 9.17) is 9.72 Å². The van der Waals surface area contributed by atoms with Crippen molar-refractivity contribution >= 4 is 16.9 Å². The van der Waals surface area contributed by atoms with Crippen molar-refractivity contribution in [1.82, 2.24) is 24.8 Å². The van der Waals surface area contributed by atoms with Crippen LogP contribution in [0.3, 0.4) is 0 Å². The van der Waals surface area contributed by atoms with Crippen molar-refractivity contribution in [2.45, 2.75) is 32.4 Å². The summed E-state index contributed by atoms with van der Waals surface area (Å²) in [7, 11) is 0. The van der Waals surface area contributed by atoms with Crippen LogP contribution in [0.1, 0.15) is 37.1 Å². The van der Waals surface area contributed by atoms with Crippen LogP contribution in [0.5, 0.6) is 11.5 Å². The lowest BCUT2D eigenvalue weighted by atomic mass is 10.0. The fraction of sp³-hybridized carbons (Fsp3) is 0.250. The first-order valence-corrected chi connectivity index (χ1v) is 10.6. The van der Waals surface area contributed by atoms with Crippen LogP contribution in [-0.2, 0) is 11.4 Å². The van der Waals surface area contributed by atoms with Crippen LogP contribution in [-0.4, -0.2) is 42.4 Å². The highest BCUT2D eigenvalue weighted by atomic mass is 16.5. The second-order valence-electron chi connectivity index (χ2n) is 7.82. The predicted octanol–water partition coefficient (Wildman–Crippen LogP) is 3.99. The number of carbonyl (C=O) groups excluding carboxylic acids is 1. The average molecular weight is 429 g/mol. The Balaban J connectivity index is 1.60. The molecule has 0 saturated carbocycles. The molecule has 8 heteroatoms. The third-order valence-corrected chi connectivity index (χ3v) is 5.72. The first-order chi connectivity index (χ1) is 15.6. The van der Waals surface area contributed by atoms with E-state index in [2.05, 4.69) is 15.0 Å². The number of rotatable bonds is 5. The zero-order valence-electron chi connectivity index (χ0n) is 17.7. The summed E-state index contributed by atoms with van der Waals surface area (Å²) in [5.74, 6) is 1.91. The molecule has 3 aromatic heterocycles. The number of aliphatic hydroxyl groups excluding tert-OH is 1. The van der Waals surface area contributed by atoms with E-state index in [1.54, 1.807) is 31.5 Å². The lowest BCUT2D eigenvalue weighted by molar-refractivity contribution is -0.129. The molecule has 0 spiro atoms. The number of ether oxygens (including phenoxy) is 1. The van der Waals surface area contributed by atoms with E-state index in [-0.39, 0.29) is 18.6 Å². The maximum atomic E-state index is 12.2. The zero-order chi connectivity index (χ0) is 22.1. The van der Waals surface area contributed by atoms with Crippen LogP contribution in [0.4, 0.5) is 0 Å². The molecule has 1 aromatic carbocycles. The number of likely N-dealkylation sites (tertiary alicyclic amines) is 1. The number of fused-ring (bicyclic) bond motifs is 1. The highest BCUT2D eigenvalue weighted by Crippen LogP contribution is 2.40. The molecular weight excluding hydrogens is 406 g/mol. The number of H-pyrrole nitrogens is 1. The number of carbonyl (C=O) groups is 1. The molecule has 1 unspecified atom stereocenters. The normalized spacial score (nSPS) is 15.9. The van der Waals surface area contributed by atoms with Crippen molar-refractivity contribution in [3.63, 3.8) is 0 Å². The minimum Gasteiger partial charge on any atom is -0.455 e. The summed E-state index contributed by atoms with van der Waals surface area (Å²) in [6.07, 6.45) is 5.12. The Kier molecular flexibility index (Phi) is 5.28. The number of aromatic nitrogens is 4. The van der Waals surface area contributed by atoms with Crippen LogP contribution in [0.15, 0.2) is 54.9 Å². The van der Waals surface area contributed by atoms with Gasteiger partial charge in [0.05, 0.1) is 35.6 Å². The number of pyridine rings is 2. The molecule has 1 aliphatic heterocycles. The van der Waals surface area contributed by atoms with Gasteiger partial charge in [-0.25, -0.2) is 4.98 Å². The molecule has 32 heavy (non-hydrogen) atoms. The largest absolute Gasteiger partial charge is 0.455 e. The molecule has 0 aliphatic carbocycles. The Bertz CT molecular complexity index is 1250. The van der Waals surface area contributed by atoms with Gasteiger partial charge in [-0.05, 0) is 43.2 Å². The fourth-order valence-corrected chi connectivity index (χ4v) is 4.19. The maximum absolute atomic E-state index is 12.2. The Labute approximate surface area is 184 Å². The third-order valence-electron chi connectivity index (χ3n) is 5.72. The van der Waals surface area contributed by atoms with E-state index in [1.165, 1.54) is 0 Å². The molecule has 1 amide bonds. The third kappa shape index (κ3) is 3.80. The summed E-state index contributed by atoms with van der Waals surface area (Å²) in [6, 6.07) is 13.0. The minimum absolute atomic E-state index is 0.0475. The van der Waals surface area contributed by atoms with E-state index in [0.29, 0.717) is 23.0 Å². The van der Waals surface area contributed by atoms with Gasteiger partial charge in [0.25, 0.3) is 0 Å². The first-order valence-electron chi connectivity index (χ1n) is 10.6. The van der Waals surface area contributed by atoms with Gasteiger partial charge in [0.1, 0.15) is 17.2 Å². The van der Waals surface area contributed by atoms with Gasteiger partial charge < -0.3 is 19.7 Å². The van der Waals surface area contributed by atoms with E-state index in [1.807, 2.05) is 35.2 Å². The van der Waals surface area contributed by atoms with Crippen molar-refractivity contribution < 1.29 is 14.6 Å². The molecule has 2 N–H and O–H groups in total. The van der Waals surface area contributed by atoms with E-state index in [0.717, 1.165) is 41.7 Å². The molecule has 0 bridgehead atoms. The lowest BCUT2D eigenvalue weighted by Crippen LogP contribution is -2.28. The number of imidazole rings is 1. The van der Waals surface area contributed by atoms with Gasteiger partial charge in [-0.1, -0.05) is 6.07 Å². The molecule has 8 nitrogen and oxygen atoms in total. The van der Waals surface area contributed by atoms with Crippen LogP contribution in [0, 0.1) is 0 Å².